The van der Waals surface area contributed by atoms with Crippen LogP contribution in [0.4, 0.5) is 0 Å². The minimum Gasteiger partial charge on any atom is -0.540 e. The van der Waals surface area contributed by atoms with E-state index in [1.807, 2.05) is 30.6 Å². The number of hydrogen-bond acceptors (Lipinski definition) is 2. The Morgan fingerprint density at radius 3 is 2.13 bits per heavy atom. The summed E-state index contributed by atoms with van der Waals surface area (Å²) in [7, 11) is 1.66. The second kappa shape index (κ2) is 8.99. The van der Waals surface area contributed by atoms with Crippen LogP contribution in [0, 0.1) is 33.8 Å². The molecule has 1 heterocycles. The first-order valence-electron chi connectivity index (χ1n) is 9.77. The van der Waals surface area contributed by atoms with E-state index in [1.54, 1.807) is 7.11 Å². The Labute approximate surface area is 192 Å². The average Bonchev–Trinajstić information content (AvgIpc) is 3.17. The number of nitrogens with zero attached hydrogens (tertiary/aromatic N) is 2. The maximum atomic E-state index is 5.26. The smallest absolute Gasteiger partial charge is 0.0647 e. The van der Waals surface area contributed by atoms with Gasteiger partial charge in [0, 0.05) is 43.9 Å². The van der Waals surface area contributed by atoms with Crippen LogP contribution < -0.4 is 4.74 Å². The summed E-state index contributed by atoms with van der Waals surface area (Å²) >= 11 is 0. The van der Waals surface area contributed by atoms with Gasteiger partial charge in [-0.05, 0) is 73.2 Å². The molecule has 0 unspecified atom stereocenters. The molecule has 0 aliphatic carbocycles. The molecular formula is C26H25IrN2O-. The molecule has 4 heteroatoms. The second-order valence-electron chi connectivity index (χ2n) is 7.49. The van der Waals surface area contributed by atoms with Crippen molar-refractivity contribution in [3.8, 4) is 34.0 Å². The number of methoxy groups -OCH3 is 1. The van der Waals surface area contributed by atoms with E-state index >= 15 is 0 Å². The SMILES string of the molecule is COc1c[c-]c(-c2nccn2-c2c(C)cc(-c3c(C)cccc3C)cc2C)cc1.[Ir]. The van der Waals surface area contributed by atoms with Gasteiger partial charge in [-0.2, -0.15) is 0 Å². The number of ether oxygens (including phenoxy) is 1. The topological polar surface area (TPSA) is 27.1 Å². The molecule has 1 radical (unpaired) electrons. The Morgan fingerprint density at radius 1 is 0.900 bits per heavy atom. The van der Waals surface area contributed by atoms with Crippen LogP contribution in [0.5, 0.6) is 5.75 Å². The zero-order chi connectivity index (χ0) is 20.5. The molecule has 3 nitrogen and oxygen atoms in total. The molecule has 0 saturated carbocycles. The molecule has 0 bridgehead atoms. The van der Waals surface area contributed by atoms with E-state index in [-0.39, 0.29) is 20.1 Å². The summed E-state index contributed by atoms with van der Waals surface area (Å²) in [6, 6.07) is 20.1. The average molecular weight is 574 g/mol. The number of rotatable bonds is 4. The Hall–Kier alpha value is -2.68. The molecule has 4 rings (SSSR count). The summed E-state index contributed by atoms with van der Waals surface area (Å²) in [6.07, 6.45) is 3.85. The van der Waals surface area contributed by atoms with Gasteiger partial charge >= 0.3 is 0 Å². The van der Waals surface area contributed by atoms with Gasteiger partial charge in [-0.15, -0.1) is 29.8 Å². The van der Waals surface area contributed by atoms with E-state index in [1.165, 1.54) is 33.4 Å². The van der Waals surface area contributed by atoms with Crippen molar-refractivity contribution < 1.29 is 24.8 Å². The molecule has 0 atom stereocenters. The van der Waals surface area contributed by atoms with E-state index in [0.29, 0.717) is 0 Å². The molecule has 0 saturated heterocycles. The molecule has 30 heavy (non-hydrogen) atoms. The summed E-state index contributed by atoms with van der Waals surface area (Å²) in [5.41, 5.74) is 9.72. The van der Waals surface area contributed by atoms with Crippen molar-refractivity contribution in [2.45, 2.75) is 27.7 Å². The predicted octanol–water partition coefficient (Wildman–Crippen LogP) is 6.25. The summed E-state index contributed by atoms with van der Waals surface area (Å²) in [5.74, 6) is 1.66. The molecule has 155 valence electrons. The number of imidazole rings is 1. The number of aromatic nitrogens is 2. The minimum absolute atomic E-state index is 0. The van der Waals surface area contributed by atoms with E-state index in [2.05, 4.69) is 73.6 Å². The van der Waals surface area contributed by atoms with Gasteiger partial charge in [0.2, 0.25) is 0 Å². The molecule has 0 aliphatic rings. The van der Waals surface area contributed by atoms with Crippen molar-refractivity contribution >= 4 is 0 Å². The van der Waals surface area contributed by atoms with Gasteiger partial charge in [-0.3, -0.25) is 4.98 Å². The third-order valence-electron chi connectivity index (χ3n) is 5.40. The van der Waals surface area contributed by atoms with Gasteiger partial charge < -0.3 is 9.30 Å². The van der Waals surface area contributed by atoms with Gasteiger partial charge in [0.15, 0.2) is 0 Å². The molecule has 3 aromatic carbocycles. The summed E-state index contributed by atoms with van der Waals surface area (Å²) in [5, 5.41) is 0. The van der Waals surface area contributed by atoms with Gasteiger partial charge in [0.05, 0.1) is 12.9 Å². The first-order valence-corrected chi connectivity index (χ1v) is 9.77. The Balaban J connectivity index is 0.00000256. The zero-order valence-electron chi connectivity index (χ0n) is 17.9. The van der Waals surface area contributed by atoms with Crippen LogP contribution in [0.3, 0.4) is 0 Å². The second-order valence-corrected chi connectivity index (χ2v) is 7.49. The van der Waals surface area contributed by atoms with Crippen molar-refractivity contribution in [3.63, 3.8) is 0 Å². The third kappa shape index (κ3) is 3.98. The number of aryl methyl sites for hydroxylation is 4. The van der Waals surface area contributed by atoms with Crippen LogP contribution in [-0.4, -0.2) is 16.7 Å². The first-order chi connectivity index (χ1) is 14.0. The van der Waals surface area contributed by atoms with Crippen LogP contribution in [0.2, 0.25) is 0 Å². The van der Waals surface area contributed by atoms with Crippen LogP contribution >= 0.6 is 0 Å². The van der Waals surface area contributed by atoms with E-state index < -0.39 is 0 Å². The maximum Gasteiger partial charge on any atom is 0.0647 e. The van der Waals surface area contributed by atoms with Crippen LogP contribution in [0.25, 0.3) is 28.2 Å². The normalized spacial score (nSPS) is 10.6. The van der Waals surface area contributed by atoms with Crippen molar-refractivity contribution in [3.05, 3.63) is 89.2 Å². The molecule has 0 fully saturated rings. The Morgan fingerprint density at radius 2 is 1.57 bits per heavy atom. The largest absolute Gasteiger partial charge is 0.540 e. The Kier molecular flexibility index (Phi) is 6.60. The fourth-order valence-corrected chi connectivity index (χ4v) is 4.11. The molecule has 0 aliphatic heterocycles. The van der Waals surface area contributed by atoms with Crippen LogP contribution in [-0.2, 0) is 20.1 Å². The van der Waals surface area contributed by atoms with E-state index in [0.717, 1.165) is 22.8 Å². The summed E-state index contributed by atoms with van der Waals surface area (Å²) in [6.45, 7) is 8.69. The molecule has 0 amide bonds. The standard InChI is InChI=1S/C26H25N2O.Ir/c1-17-7-6-8-18(2)24(17)22-15-19(3)25(20(4)16-22)28-14-13-27-26(28)21-9-11-23(29-5)12-10-21;/h6-9,11-16H,1-5H3;/q-1;. The third-order valence-corrected chi connectivity index (χ3v) is 5.40. The molecular weight excluding hydrogens is 549 g/mol. The molecule has 0 spiro atoms. The Bertz CT molecular complexity index is 1130. The van der Waals surface area contributed by atoms with Crippen LogP contribution in [0.15, 0.2) is 60.9 Å². The number of hydrogen-bond donors (Lipinski definition) is 0. The van der Waals surface area contributed by atoms with Crippen molar-refractivity contribution in [1.29, 1.82) is 0 Å². The zero-order valence-corrected chi connectivity index (χ0v) is 20.3. The van der Waals surface area contributed by atoms with Gasteiger partial charge in [0.25, 0.3) is 0 Å². The molecule has 4 aromatic rings. The molecule has 0 N–H and O–H groups in total. The summed E-state index contributed by atoms with van der Waals surface area (Å²) < 4.78 is 7.41. The summed E-state index contributed by atoms with van der Waals surface area (Å²) in [4.78, 5) is 4.60. The van der Waals surface area contributed by atoms with Gasteiger partial charge in [-0.1, -0.05) is 18.2 Å². The van der Waals surface area contributed by atoms with Gasteiger partial charge in [0.1, 0.15) is 0 Å². The van der Waals surface area contributed by atoms with Crippen molar-refractivity contribution in [1.82, 2.24) is 9.55 Å². The van der Waals surface area contributed by atoms with E-state index in [4.69, 9.17) is 4.74 Å². The fourth-order valence-electron chi connectivity index (χ4n) is 4.11. The van der Waals surface area contributed by atoms with Crippen molar-refractivity contribution in [2.75, 3.05) is 7.11 Å². The quantitative estimate of drug-likeness (QED) is 0.270. The maximum absolute atomic E-state index is 5.26. The van der Waals surface area contributed by atoms with Gasteiger partial charge in [-0.25, -0.2) is 0 Å². The van der Waals surface area contributed by atoms with Crippen molar-refractivity contribution in [2.24, 2.45) is 0 Å². The number of benzene rings is 3. The predicted molar refractivity (Wildman–Crippen MR) is 119 cm³/mol. The minimum atomic E-state index is 0. The monoisotopic (exact) mass is 574 g/mol. The molecule has 1 aromatic heterocycles. The fraction of sp³-hybridized carbons (Fsp3) is 0.192. The van der Waals surface area contributed by atoms with Crippen LogP contribution in [0.1, 0.15) is 22.3 Å². The van der Waals surface area contributed by atoms with E-state index in [9.17, 15) is 0 Å². The first kappa shape index (κ1) is 22.0.